The third kappa shape index (κ3) is 3.25. The predicted octanol–water partition coefficient (Wildman–Crippen LogP) is 0.973. The number of H-pyrrole nitrogens is 1. The van der Waals surface area contributed by atoms with Crippen LogP contribution in [0.15, 0.2) is 10.2 Å². The van der Waals surface area contributed by atoms with Crippen LogP contribution in [0.25, 0.3) is 0 Å². The fraction of sp³-hybridized carbons (Fsp3) is 0.692. The van der Waals surface area contributed by atoms with Crippen LogP contribution in [0.4, 0.5) is 0 Å². The van der Waals surface area contributed by atoms with Gasteiger partial charge in [-0.2, -0.15) is 0 Å². The molecular formula is C13H19N3O2S. The third-order valence-corrected chi connectivity index (χ3v) is 4.81. The Balaban J connectivity index is 1.45. The monoisotopic (exact) mass is 281 g/mol. The largest absolute Gasteiger partial charge is 0.350 e. The van der Waals surface area contributed by atoms with Crippen LogP contribution in [0.2, 0.25) is 0 Å². The topological polar surface area (TPSA) is 74.0 Å². The first kappa shape index (κ1) is 12.9. The lowest BCUT2D eigenvalue weighted by Crippen LogP contribution is -2.39. The number of amides is 1. The summed E-state index contributed by atoms with van der Waals surface area (Å²) in [4.78, 5) is 25.5. The zero-order valence-electron chi connectivity index (χ0n) is 10.8. The normalized spacial score (nSPS) is 29.4. The van der Waals surface area contributed by atoms with Gasteiger partial charge in [0.25, 0.3) is 0 Å². The number of piperidine rings is 1. The molecule has 2 fully saturated rings. The van der Waals surface area contributed by atoms with Gasteiger partial charge in [0.15, 0.2) is 0 Å². The Morgan fingerprint density at radius 3 is 2.74 bits per heavy atom. The molecule has 0 saturated carbocycles. The maximum Gasteiger partial charge on any atom is 0.304 e. The van der Waals surface area contributed by atoms with Gasteiger partial charge >= 0.3 is 4.87 Å². The number of carbonyl (C=O) groups excluding carboxylic acids is 1. The van der Waals surface area contributed by atoms with Gasteiger partial charge in [-0.25, -0.2) is 0 Å². The van der Waals surface area contributed by atoms with Crippen LogP contribution in [0.3, 0.4) is 0 Å². The molecule has 0 aromatic carbocycles. The summed E-state index contributed by atoms with van der Waals surface area (Å²) in [6.45, 7) is 0.426. The van der Waals surface area contributed by atoms with Gasteiger partial charge in [-0.1, -0.05) is 11.3 Å². The Kier molecular flexibility index (Phi) is 3.70. The molecule has 0 spiro atoms. The summed E-state index contributed by atoms with van der Waals surface area (Å²) < 4.78 is 0. The third-order valence-electron chi connectivity index (χ3n) is 4.09. The predicted molar refractivity (Wildman–Crippen MR) is 74.1 cm³/mol. The van der Waals surface area contributed by atoms with Gasteiger partial charge in [-0.05, 0) is 31.6 Å². The zero-order valence-corrected chi connectivity index (χ0v) is 11.6. The Hall–Kier alpha value is -1.14. The first-order valence-corrected chi connectivity index (χ1v) is 7.76. The van der Waals surface area contributed by atoms with Crippen molar-refractivity contribution < 1.29 is 4.79 Å². The molecule has 1 amide bonds. The van der Waals surface area contributed by atoms with E-state index in [1.54, 1.807) is 5.38 Å². The first-order valence-electron chi connectivity index (χ1n) is 6.88. The van der Waals surface area contributed by atoms with Crippen LogP contribution >= 0.6 is 11.3 Å². The van der Waals surface area contributed by atoms with Crippen molar-refractivity contribution in [1.29, 1.82) is 0 Å². The fourth-order valence-electron chi connectivity index (χ4n) is 3.27. The molecule has 3 rings (SSSR count). The standard InChI is InChI=1S/C13H19N3O2S/c17-12(14-6-11-7-19-13(18)16-11)5-8-3-9-1-2-10(4-8)15-9/h7-10,15H,1-6H2,(H,14,17)(H,16,18). The highest BCUT2D eigenvalue weighted by Crippen LogP contribution is 2.32. The summed E-state index contributed by atoms with van der Waals surface area (Å²) in [6, 6.07) is 1.26. The summed E-state index contributed by atoms with van der Waals surface area (Å²) >= 11 is 1.13. The van der Waals surface area contributed by atoms with Crippen molar-refractivity contribution in [2.24, 2.45) is 5.92 Å². The second kappa shape index (κ2) is 5.46. The van der Waals surface area contributed by atoms with Crippen LogP contribution in [0, 0.1) is 5.92 Å². The van der Waals surface area contributed by atoms with Crippen molar-refractivity contribution in [3.8, 4) is 0 Å². The van der Waals surface area contributed by atoms with Crippen molar-refractivity contribution >= 4 is 17.2 Å². The van der Waals surface area contributed by atoms with Gasteiger partial charge < -0.3 is 15.6 Å². The second-order valence-electron chi connectivity index (χ2n) is 5.63. The number of aromatic nitrogens is 1. The molecule has 104 valence electrons. The number of thiazole rings is 1. The molecule has 1 aromatic heterocycles. The number of rotatable bonds is 4. The number of hydrogen-bond acceptors (Lipinski definition) is 4. The highest BCUT2D eigenvalue weighted by Gasteiger charge is 2.34. The lowest BCUT2D eigenvalue weighted by molar-refractivity contribution is -0.122. The molecule has 1 aromatic rings. The highest BCUT2D eigenvalue weighted by molar-refractivity contribution is 7.07. The van der Waals surface area contributed by atoms with Crippen LogP contribution < -0.4 is 15.5 Å². The average molecular weight is 281 g/mol. The molecule has 2 aliphatic heterocycles. The molecule has 3 heterocycles. The molecule has 6 heteroatoms. The Bertz CT molecular complexity index is 498. The lowest BCUT2D eigenvalue weighted by Gasteiger charge is -2.28. The van der Waals surface area contributed by atoms with Crippen molar-refractivity contribution in [2.45, 2.75) is 50.7 Å². The Morgan fingerprint density at radius 2 is 2.11 bits per heavy atom. The Morgan fingerprint density at radius 1 is 1.37 bits per heavy atom. The molecule has 5 nitrogen and oxygen atoms in total. The van der Waals surface area contributed by atoms with Crippen molar-refractivity contribution in [3.63, 3.8) is 0 Å². The van der Waals surface area contributed by atoms with Gasteiger partial charge in [0.1, 0.15) is 0 Å². The first-order chi connectivity index (χ1) is 9.19. The van der Waals surface area contributed by atoms with E-state index in [4.69, 9.17) is 0 Å². The number of fused-ring (bicyclic) bond motifs is 2. The van der Waals surface area contributed by atoms with E-state index in [2.05, 4.69) is 15.6 Å². The van der Waals surface area contributed by atoms with Crippen molar-refractivity contribution in [1.82, 2.24) is 15.6 Å². The fourth-order valence-corrected chi connectivity index (χ4v) is 3.85. The van der Waals surface area contributed by atoms with Crippen molar-refractivity contribution in [3.05, 3.63) is 20.7 Å². The summed E-state index contributed by atoms with van der Waals surface area (Å²) in [5.74, 6) is 0.610. The maximum absolute atomic E-state index is 11.9. The summed E-state index contributed by atoms with van der Waals surface area (Å²) in [6.07, 6.45) is 5.39. The summed E-state index contributed by atoms with van der Waals surface area (Å²) in [5, 5.41) is 8.23. The van der Waals surface area contributed by atoms with E-state index >= 15 is 0 Å². The molecule has 0 radical (unpaired) electrons. The van der Waals surface area contributed by atoms with Gasteiger partial charge in [0, 0.05) is 29.6 Å². The van der Waals surface area contributed by atoms with E-state index in [0.29, 0.717) is 31.0 Å². The van der Waals surface area contributed by atoms with E-state index in [9.17, 15) is 9.59 Å². The average Bonchev–Trinajstić information content (AvgIpc) is 2.93. The smallest absolute Gasteiger partial charge is 0.304 e. The molecule has 2 saturated heterocycles. The number of hydrogen-bond donors (Lipinski definition) is 3. The summed E-state index contributed by atoms with van der Waals surface area (Å²) in [5.41, 5.74) is 0.786. The highest BCUT2D eigenvalue weighted by atomic mass is 32.1. The van der Waals surface area contributed by atoms with E-state index in [-0.39, 0.29) is 10.8 Å². The number of carbonyl (C=O) groups is 1. The minimum atomic E-state index is -0.0702. The molecule has 3 N–H and O–H groups in total. The Labute approximate surface area is 115 Å². The molecule has 2 bridgehead atoms. The second-order valence-corrected chi connectivity index (χ2v) is 6.47. The van der Waals surface area contributed by atoms with E-state index < -0.39 is 0 Å². The number of nitrogens with one attached hydrogen (secondary N) is 3. The van der Waals surface area contributed by atoms with Gasteiger partial charge in [0.2, 0.25) is 5.91 Å². The maximum atomic E-state index is 11.9. The van der Waals surface area contributed by atoms with Gasteiger partial charge in [0.05, 0.1) is 6.54 Å². The lowest BCUT2D eigenvalue weighted by atomic mass is 9.89. The molecule has 19 heavy (non-hydrogen) atoms. The SMILES string of the molecule is O=C(CC1CC2CCC(C1)N2)NCc1csc(=O)[nH]1. The van der Waals surface area contributed by atoms with Crippen LogP contribution in [-0.2, 0) is 11.3 Å². The number of aromatic amines is 1. The van der Waals surface area contributed by atoms with E-state index in [1.807, 2.05) is 0 Å². The molecule has 0 aliphatic carbocycles. The minimum Gasteiger partial charge on any atom is -0.350 e. The molecule has 2 unspecified atom stereocenters. The molecular weight excluding hydrogens is 262 g/mol. The molecule has 2 aliphatic rings. The van der Waals surface area contributed by atoms with Crippen LogP contribution in [0.5, 0.6) is 0 Å². The van der Waals surface area contributed by atoms with E-state index in [1.165, 1.54) is 12.8 Å². The van der Waals surface area contributed by atoms with Crippen LogP contribution in [-0.4, -0.2) is 23.0 Å². The minimum absolute atomic E-state index is 0.0702. The van der Waals surface area contributed by atoms with Crippen molar-refractivity contribution in [2.75, 3.05) is 0 Å². The molecule has 2 atom stereocenters. The zero-order chi connectivity index (χ0) is 13.2. The quantitative estimate of drug-likeness (QED) is 0.770. The van der Waals surface area contributed by atoms with Gasteiger partial charge in [-0.3, -0.25) is 9.59 Å². The van der Waals surface area contributed by atoms with Crippen LogP contribution in [0.1, 0.15) is 37.8 Å². The summed E-state index contributed by atoms with van der Waals surface area (Å²) in [7, 11) is 0. The van der Waals surface area contributed by atoms with Gasteiger partial charge in [-0.15, -0.1) is 0 Å². The van der Waals surface area contributed by atoms with E-state index in [0.717, 1.165) is 29.9 Å².